The fraction of sp³-hybridized carbons (Fsp3) is 0.364. The van der Waals surface area contributed by atoms with Crippen molar-refractivity contribution in [1.82, 2.24) is 19.7 Å². The SMILES string of the molecule is CCc1ccc(-c2nc(=S)n(CN3CCN(c4ccc(OC)cc4)CC3)[nH]2)cc1. The molecule has 0 unspecified atom stereocenters. The van der Waals surface area contributed by atoms with Gasteiger partial charge < -0.3 is 9.64 Å². The molecule has 0 amide bonds. The minimum Gasteiger partial charge on any atom is -0.497 e. The standard InChI is InChI=1S/C22H27N5OS/c1-3-17-4-6-18(7-5-17)21-23-22(29)27(24-21)16-25-12-14-26(15-13-25)19-8-10-20(28-2)11-9-19/h4-11H,3,12-16H2,1-2H3,(H,23,24,29). The molecule has 1 aliphatic rings. The van der Waals surface area contributed by atoms with Gasteiger partial charge in [-0.2, -0.15) is 4.98 Å². The molecule has 152 valence electrons. The van der Waals surface area contributed by atoms with Gasteiger partial charge in [0.1, 0.15) is 5.75 Å². The van der Waals surface area contributed by atoms with Gasteiger partial charge in [0.15, 0.2) is 5.82 Å². The number of methoxy groups -OCH3 is 1. The van der Waals surface area contributed by atoms with Crippen LogP contribution in [0.5, 0.6) is 5.75 Å². The van der Waals surface area contributed by atoms with Crippen molar-refractivity contribution in [3.05, 3.63) is 58.9 Å². The monoisotopic (exact) mass is 409 g/mol. The second-order valence-electron chi connectivity index (χ2n) is 7.28. The van der Waals surface area contributed by atoms with Gasteiger partial charge >= 0.3 is 0 Å². The van der Waals surface area contributed by atoms with Gasteiger partial charge in [0.05, 0.1) is 13.8 Å². The average Bonchev–Trinajstić information content (AvgIpc) is 3.14. The van der Waals surface area contributed by atoms with Gasteiger partial charge in [0, 0.05) is 37.4 Å². The molecule has 7 heteroatoms. The van der Waals surface area contributed by atoms with Crippen LogP contribution in [0.4, 0.5) is 5.69 Å². The zero-order valence-corrected chi connectivity index (χ0v) is 17.8. The number of hydrogen-bond acceptors (Lipinski definition) is 5. The van der Waals surface area contributed by atoms with E-state index in [0.717, 1.165) is 56.4 Å². The van der Waals surface area contributed by atoms with E-state index in [2.05, 4.69) is 63.2 Å². The van der Waals surface area contributed by atoms with E-state index >= 15 is 0 Å². The second-order valence-corrected chi connectivity index (χ2v) is 7.64. The van der Waals surface area contributed by atoms with Crippen molar-refractivity contribution in [3.63, 3.8) is 0 Å². The van der Waals surface area contributed by atoms with Crippen molar-refractivity contribution < 1.29 is 4.74 Å². The number of aromatic nitrogens is 3. The summed E-state index contributed by atoms with van der Waals surface area (Å²) >= 11 is 5.49. The maximum Gasteiger partial charge on any atom is 0.217 e. The van der Waals surface area contributed by atoms with Crippen LogP contribution in [0.3, 0.4) is 0 Å². The number of aryl methyl sites for hydroxylation is 1. The van der Waals surface area contributed by atoms with Crippen molar-refractivity contribution in [2.75, 3.05) is 38.2 Å². The molecule has 29 heavy (non-hydrogen) atoms. The van der Waals surface area contributed by atoms with Gasteiger partial charge in [-0.25, -0.2) is 4.68 Å². The Morgan fingerprint density at radius 1 is 1.00 bits per heavy atom. The lowest BCUT2D eigenvalue weighted by molar-refractivity contribution is 0.194. The van der Waals surface area contributed by atoms with Crippen LogP contribution in [0.25, 0.3) is 11.4 Å². The molecule has 1 aliphatic heterocycles. The molecule has 0 aliphatic carbocycles. The number of nitrogens with zero attached hydrogens (tertiary/aromatic N) is 4. The largest absolute Gasteiger partial charge is 0.497 e. The van der Waals surface area contributed by atoms with Gasteiger partial charge in [-0.05, 0) is 48.5 Å². The smallest absolute Gasteiger partial charge is 0.217 e. The molecule has 0 radical (unpaired) electrons. The summed E-state index contributed by atoms with van der Waals surface area (Å²) in [4.78, 5) is 9.36. The zero-order valence-electron chi connectivity index (χ0n) is 17.0. The molecule has 1 saturated heterocycles. The first-order valence-corrected chi connectivity index (χ1v) is 10.4. The van der Waals surface area contributed by atoms with Crippen molar-refractivity contribution in [3.8, 4) is 17.1 Å². The van der Waals surface area contributed by atoms with Crippen molar-refractivity contribution >= 4 is 17.9 Å². The lowest BCUT2D eigenvalue weighted by Crippen LogP contribution is -2.46. The summed E-state index contributed by atoms with van der Waals surface area (Å²) in [5.41, 5.74) is 3.62. The topological polar surface area (TPSA) is 49.3 Å². The van der Waals surface area contributed by atoms with E-state index in [1.54, 1.807) is 7.11 Å². The van der Waals surface area contributed by atoms with Gasteiger partial charge in [0.2, 0.25) is 4.77 Å². The molecule has 6 nitrogen and oxygen atoms in total. The van der Waals surface area contributed by atoms with Crippen molar-refractivity contribution in [2.24, 2.45) is 0 Å². The van der Waals surface area contributed by atoms with Gasteiger partial charge in [-0.3, -0.25) is 10.00 Å². The second kappa shape index (κ2) is 8.80. The number of piperazine rings is 1. The highest BCUT2D eigenvalue weighted by molar-refractivity contribution is 7.71. The molecule has 0 bridgehead atoms. The Labute approximate surface area is 176 Å². The molecule has 1 fully saturated rings. The Morgan fingerprint density at radius 3 is 2.31 bits per heavy atom. The lowest BCUT2D eigenvalue weighted by atomic mass is 10.1. The van der Waals surface area contributed by atoms with Crippen LogP contribution < -0.4 is 9.64 Å². The van der Waals surface area contributed by atoms with E-state index in [1.165, 1.54) is 11.3 Å². The average molecular weight is 410 g/mol. The summed E-state index contributed by atoms with van der Waals surface area (Å²) in [5, 5.41) is 3.37. The van der Waals surface area contributed by atoms with E-state index in [0.29, 0.717) is 4.77 Å². The van der Waals surface area contributed by atoms with Crippen LogP contribution in [-0.2, 0) is 13.1 Å². The third-order valence-electron chi connectivity index (χ3n) is 5.47. The lowest BCUT2D eigenvalue weighted by Gasteiger charge is -2.36. The molecule has 3 aromatic rings. The van der Waals surface area contributed by atoms with Crippen LogP contribution in [0.2, 0.25) is 0 Å². The van der Waals surface area contributed by atoms with E-state index in [9.17, 15) is 0 Å². The number of anilines is 1. The highest BCUT2D eigenvalue weighted by Crippen LogP contribution is 2.21. The molecule has 0 spiro atoms. The number of H-pyrrole nitrogens is 1. The summed E-state index contributed by atoms with van der Waals surface area (Å²) in [6.07, 6.45) is 1.03. The van der Waals surface area contributed by atoms with Crippen LogP contribution in [0.15, 0.2) is 48.5 Å². The van der Waals surface area contributed by atoms with Gasteiger partial charge in [-0.15, -0.1) is 0 Å². The van der Waals surface area contributed by atoms with Gasteiger partial charge in [0.25, 0.3) is 0 Å². The molecule has 1 aromatic heterocycles. The van der Waals surface area contributed by atoms with E-state index in [1.807, 2.05) is 16.8 Å². The Kier molecular flexibility index (Phi) is 5.97. The summed E-state index contributed by atoms with van der Waals surface area (Å²) in [6, 6.07) is 16.8. The van der Waals surface area contributed by atoms with E-state index in [4.69, 9.17) is 17.0 Å². The minimum atomic E-state index is 0.595. The molecular weight excluding hydrogens is 382 g/mol. The van der Waals surface area contributed by atoms with Crippen LogP contribution in [0, 0.1) is 4.77 Å². The molecule has 4 rings (SSSR count). The van der Waals surface area contributed by atoms with Crippen LogP contribution in [0.1, 0.15) is 12.5 Å². The summed E-state index contributed by atoms with van der Waals surface area (Å²) in [6.45, 7) is 6.82. The Balaban J connectivity index is 1.37. The molecule has 2 aromatic carbocycles. The number of ether oxygens (including phenoxy) is 1. The quantitative estimate of drug-likeness (QED) is 0.625. The van der Waals surface area contributed by atoms with E-state index < -0.39 is 0 Å². The van der Waals surface area contributed by atoms with Crippen LogP contribution >= 0.6 is 12.2 Å². The predicted molar refractivity (Wildman–Crippen MR) is 119 cm³/mol. The zero-order chi connectivity index (χ0) is 20.2. The summed E-state index contributed by atoms with van der Waals surface area (Å²) in [7, 11) is 1.69. The Bertz CT molecular complexity index is 985. The third-order valence-corrected chi connectivity index (χ3v) is 5.78. The number of rotatable bonds is 6. The maximum atomic E-state index is 5.49. The number of hydrogen-bond donors (Lipinski definition) is 1. The molecule has 1 N–H and O–H groups in total. The first kappa shape index (κ1) is 19.7. The first-order valence-electron chi connectivity index (χ1n) is 10.0. The fourth-order valence-electron chi connectivity index (χ4n) is 3.62. The first-order chi connectivity index (χ1) is 14.2. The number of aromatic amines is 1. The summed E-state index contributed by atoms with van der Waals surface area (Å²) < 4.78 is 7.80. The molecule has 0 saturated carbocycles. The Morgan fingerprint density at radius 2 is 1.69 bits per heavy atom. The minimum absolute atomic E-state index is 0.595. The molecule has 0 atom stereocenters. The molecule has 2 heterocycles. The maximum absolute atomic E-state index is 5.49. The number of benzene rings is 2. The fourth-order valence-corrected chi connectivity index (χ4v) is 3.82. The third kappa shape index (κ3) is 4.52. The van der Waals surface area contributed by atoms with E-state index in [-0.39, 0.29) is 0 Å². The van der Waals surface area contributed by atoms with Gasteiger partial charge in [-0.1, -0.05) is 31.2 Å². The highest BCUT2D eigenvalue weighted by Gasteiger charge is 2.18. The Hall–Kier alpha value is -2.64. The van der Waals surface area contributed by atoms with Crippen LogP contribution in [-0.4, -0.2) is 53.0 Å². The van der Waals surface area contributed by atoms with Crippen molar-refractivity contribution in [1.29, 1.82) is 0 Å². The highest BCUT2D eigenvalue weighted by atomic mass is 32.1. The predicted octanol–water partition coefficient (Wildman–Crippen LogP) is 3.96. The normalized spacial score (nSPS) is 14.9. The molecular formula is C22H27N5OS. The number of nitrogens with one attached hydrogen (secondary N) is 1. The van der Waals surface area contributed by atoms with Crippen molar-refractivity contribution in [2.45, 2.75) is 20.0 Å². The summed E-state index contributed by atoms with van der Waals surface area (Å²) in [5.74, 6) is 1.72.